The molecule has 0 bridgehead atoms. The lowest BCUT2D eigenvalue weighted by Crippen LogP contribution is -2.61. The predicted molar refractivity (Wildman–Crippen MR) is 333 cm³/mol. The Labute approximate surface area is 464 Å². The Morgan fingerprint density at radius 3 is 1.29 bits per heavy atom. The van der Waals surface area contributed by atoms with Crippen molar-refractivity contribution in [2.24, 2.45) is 0 Å². The molecule has 6 heteroatoms. The number of fused-ring (bicyclic) bond motifs is 8. The van der Waals surface area contributed by atoms with Gasteiger partial charge in [0.05, 0.1) is 28.4 Å². The molecule has 0 fully saturated rings. The van der Waals surface area contributed by atoms with Crippen LogP contribution in [0.1, 0.15) is 105 Å². The van der Waals surface area contributed by atoms with Gasteiger partial charge in [-0.25, -0.2) is 0 Å². The molecule has 0 saturated carbocycles. The Morgan fingerprint density at radius 2 is 0.782 bits per heavy atom. The molecular weight excluding hydrogens is 966 g/mol. The van der Waals surface area contributed by atoms with Crippen LogP contribution < -0.4 is 31.3 Å². The van der Waals surface area contributed by atoms with Gasteiger partial charge in [-0.2, -0.15) is 0 Å². The van der Waals surface area contributed by atoms with Crippen LogP contribution in [0.3, 0.4) is 0 Å². The summed E-state index contributed by atoms with van der Waals surface area (Å²) in [5, 5.41) is 1.12. The molecule has 0 amide bonds. The van der Waals surface area contributed by atoms with Crippen molar-refractivity contribution in [2.45, 2.75) is 124 Å². The van der Waals surface area contributed by atoms with Gasteiger partial charge in [-0.1, -0.05) is 186 Å². The monoisotopic (exact) mass is 1040 g/mol. The minimum absolute atomic E-state index is 0.0105. The van der Waals surface area contributed by atoms with E-state index in [9.17, 15) is 0 Å². The lowest BCUT2D eigenvalue weighted by Gasteiger charge is -2.50. The second-order valence-corrected chi connectivity index (χ2v) is 29.0. The maximum absolute atomic E-state index is 7.49. The fourth-order valence-electron chi connectivity index (χ4n) is 12.5. The molecule has 0 saturated heterocycles. The first-order valence-electron chi connectivity index (χ1n) is 27.9. The van der Waals surface area contributed by atoms with Crippen molar-refractivity contribution in [1.82, 2.24) is 0 Å². The van der Waals surface area contributed by atoms with Crippen molar-refractivity contribution in [2.75, 3.05) is 14.7 Å². The molecule has 4 nitrogen and oxygen atoms in total. The van der Waals surface area contributed by atoms with Crippen molar-refractivity contribution < 1.29 is 4.42 Å². The van der Waals surface area contributed by atoms with Gasteiger partial charge in [0.25, 0.3) is 6.71 Å². The van der Waals surface area contributed by atoms with Crippen molar-refractivity contribution in [3.63, 3.8) is 0 Å². The van der Waals surface area contributed by atoms with Crippen molar-refractivity contribution in [1.29, 1.82) is 0 Å². The normalized spacial score (nSPS) is 15.1. The van der Waals surface area contributed by atoms with Gasteiger partial charge < -0.3 is 19.1 Å². The van der Waals surface area contributed by atoms with E-state index in [1.807, 2.05) is 0 Å². The van der Waals surface area contributed by atoms with Crippen molar-refractivity contribution in [3.05, 3.63) is 229 Å². The minimum atomic E-state index is -1.99. The van der Waals surface area contributed by atoms with E-state index in [4.69, 9.17) is 4.42 Å². The Balaban J connectivity index is 1.18. The number of anilines is 9. The third-order valence-corrected chi connectivity index (χ3v) is 20.7. The number of furan rings is 1. The standard InChI is InChI=1S/C72H70BN3OS/c1-69(2,3)47-31-37-51(38-32-47)74-58-41-35-50(72(10,11)12)44-57(58)73-66-61(74)45-53(46-62(66)76(52-39-33-48(34-40-52)70(4,5)6)67-56-43-49(71(7,8)9)36-42-63(56)77-68(67)73)75-59-27-19-21-29-64(59)78(54-23-15-13-16-24-54,55-25-17-14-18-26-55)65-30-22-20-28-60(65)75/h13-46H,1-12H3. The molecule has 0 atom stereocenters. The van der Waals surface area contributed by atoms with Crippen LogP contribution in [0.15, 0.2) is 230 Å². The fourth-order valence-corrected chi connectivity index (χ4v) is 16.7. The van der Waals surface area contributed by atoms with E-state index < -0.39 is 10.0 Å². The van der Waals surface area contributed by atoms with Crippen LogP contribution in [-0.4, -0.2) is 6.71 Å². The van der Waals surface area contributed by atoms with Gasteiger partial charge in [0.15, 0.2) is 0 Å². The summed E-state index contributed by atoms with van der Waals surface area (Å²) in [6, 6.07) is 78.8. The smallest absolute Gasteiger partial charge is 0.297 e. The number of para-hydroxylation sites is 2. The molecule has 0 N–H and O–H groups in total. The van der Waals surface area contributed by atoms with Gasteiger partial charge in [0.1, 0.15) is 5.58 Å². The van der Waals surface area contributed by atoms with Gasteiger partial charge in [-0.15, -0.1) is 10.0 Å². The fraction of sp³-hybridized carbons (Fsp3) is 0.222. The average Bonchev–Trinajstić information content (AvgIpc) is 2.81. The molecule has 9 aromatic carbocycles. The first-order chi connectivity index (χ1) is 37.2. The lowest BCUT2D eigenvalue weighted by molar-refractivity contribution is 0.590. The zero-order valence-electron chi connectivity index (χ0n) is 47.4. The van der Waals surface area contributed by atoms with Crippen LogP contribution in [0.2, 0.25) is 0 Å². The highest BCUT2D eigenvalue weighted by Crippen LogP contribution is 2.79. The highest BCUT2D eigenvalue weighted by atomic mass is 32.3. The summed E-state index contributed by atoms with van der Waals surface area (Å²) in [5.74, 6) is 0. The summed E-state index contributed by atoms with van der Waals surface area (Å²) in [6.07, 6.45) is 0. The first kappa shape index (κ1) is 49.9. The molecule has 1 aromatic heterocycles. The van der Waals surface area contributed by atoms with Crippen LogP contribution in [0.25, 0.3) is 11.0 Å². The molecule has 0 aliphatic carbocycles. The number of hydrogen-bond donors (Lipinski definition) is 0. The number of hydrogen-bond acceptors (Lipinski definition) is 4. The molecule has 78 heavy (non-hydrogen) atoms. The van der Waals surface area contributed by atoms with Gasteiger partial charge in [-0.3, -0.25) is 0 Å². The molecule has 10 aromatic rings. The van der Waals surface area contributed by atoms with Crippen molar-refractivity contribution in [3.8, 4) is 0 Å². The summed E-state index contributed by atoms with van der Waals surface area (Å²) in [4.78, 5) is 12.9. The van der Waals surface area contributed by atoms with Gasteiger partial charge >= 0.3 is 0 Å². The highest BCUT2D eigenvalue weighted by Gasteiger charge is 2.49. The van der Waals surface area contributed by atoms with E-state index in [0.717, 1.165) is 56.4 Å². The molecule has 4 heterocycles. The number of nitrogens with zero attached hydrogens (tertiary/aromatic N) is 3. The lowest BCUT2D eigenvalue weighted by atomic mass is 9.35. The highest BCUT2D eigenvalue weighted by molar-refractivity contribution is 8.34. The Kier molecular flexibility index (Phi) is 11.3. The molecule has 3 aliphatic heterocycles. The van der Waals surface area contributed by atoms with Crippen LogP contribution in [0.4, 0.5) is 51.2 Å². The van der Waals surface area contributed by atoms with Crippen LogP contribution in [0, 0.1) is 0 Å². The second kappa shape index (κ2) is 17.7. The Hall–Kier alpha value is -7.67. The Bertz CT molecular complexity index is 3870. The Morgan fingerprint density at radius 1 is 0.359 bits per heavy atom. The average molecular weight is 1040 g/mol. The minimum Gasteiger partial charge on any atom is -0.468 e. The van der Waals surface area contributed by atoms with Crippen LogP contribution in [-0.2, 0) is 21.7 Å². The largest absolute Gasteiger partial charge is 0.468 e. The zero-order chi connectivity index (χ0) is 54.3. The molecule has 388 valence electrons. The molecule has 0 unspecified atom stereocenters. The van der Waals surface area contributed by atoms with E-state index in [2.05, 4.69) is 304 Å². The van der Waals surface area contributed by atoms with Gasteiger partial charge in [0.2, 0.25) is 0 Å². The molecule has 0 radical (unpaired) electrons. The summed E-state index contributed by atoms with van der Waals surface area (Å²) in [5.41, 5.74) is 19.5. The maximum atomic E-state index is 7.49. The summed E-state index contributed by atoms with van der Waals surface area (Å²) in [6.45, 7) is 27.5. The zero-order valence-corrected chi connectivity index (χ0v) is 48.2. The van der Waals surface area contributed by atoms with Crippen LogP contribution in [0.5, 0.6) is 0 Å². The first-order valence-corrected chi connectivity index (χ1v) is 29.5. The van der Waals surface area contributed by atoms with Gasteiger partial charge in [-0.05, 0) is 158 Å². The molecule has 3 aliphatic rings. The second-order valence-electron chi connectivity index (χ2n) is 25.9. The van der Waals surface area contributed by atoms with Crippen molar-refractivity contribution >= 4 is 95.5 Å². The predicted octanol–water partition coefficient (Wildman–Crippen LogP) is 18.8. The summed E-state index contributed by atoms with van der Waals surface area (Å²) in [7, 11) is -1.99. The summed E-state index contributed by atoms with van der Waals surface area (Å²) >= 11 is 0. The SMILES string of the molecule is CC(C)(C)c1ccc(N2c3ccc(C(C)(C)C)cc3B3c4oc5ccc(C(C)(C)C)cc5c4N(c4ccc(C(C)(C)C)cc4)c4cc(N5c6ccccc6S(c6ccccc6)(c6ccccc6)c6ccccc65)cc2c43)cc1. The van der Waals surface area contributed by atoms with E-state index >= 15 is 0 Å². The van der Waals surface area contributed by atoms with Crippen LogP contribution >= 0.6 is 10.0 Å². The van der Waals surface area contributed by atoms with E-state index in [1.165, 1.54) is 64.1 Å². The number of rotatable bonds is 5. The summed E-state index contributed by atoms with van der Waals surface area (Å²) < 4.78 is 7.49. The third kappa shape index (κ3) is 7.72. The van der Waals surface area contributed by atoms with E-state index in [-0.39, 0.29) is 28.4 Å². The van der Waals surface area contributed by atoms with E-state index in [0.29, 0.717) is 0 Å². The molecule has 13 rings (SSSR count). The molecule has 0 spiro atoms. The topological polar surface area (TPSA) is 22.9 Å². The van der Waals surface area contributed by atoms with E-state index in [1.54, 1.807) is 0 Å². The maximum Gasteiger partial charge on any atom is 0.297 e. The number of benzene rings is 9. The molecular formula is C72H70BN3OS. The van der Waals surface area contributed by atoms with Gasteiger partial charge in [0, 0.05) is 53.4 Å². The quantitative estimate of drug-likeness (QED) is 0.160. The third-order valence-electron chi connectivity index (χ3n) is 16.7.